The lowest BCUT2D eigenvalue weighted by molar-refractivity contribution is 0.0757. The first-order valence-corrected chi connectivity index (χ1v) is 7.19. The van der Waals surface area contributed by atoms with Crippen LogP contribution >= 0.6 is 12.2 Å². The van der Waals surface area contributed by atoms with Crippen LogP contribution < -0.4 is 5.32 Å². The number of H-pyrrole nitrogens is 2. The van der Waals surface area contributed by atoms with Crippen LogP contribution in [0.1, 0.15) is 30.6 Å². The summed E-state index contributed by atoms with van der Waals surface area (Å²) in [6.45, 7) is 4.95. The summed E-state index contributed by atoms with van der Waals surface area (Å²) in [5.74, 6) is -0.824. The zero-order valence-electron chi connectivity index (χ0n) is 12.0. The third-order valence-electron chi connectivity index (χ3n) is 2.89. The summed E-state index contributed by atoms with van der Waals surface area (Å²) >= 11 is 4.97. The number of halogens is 1. The van der Waals surface area contributed by atoms with Gasteiger partial charge in [0.05, 0.1) is 22.7 Å². The number of rotatable bonds is 6. The molecule has 0 aliphatic heterocycles. The van der Waals surface area contributed by atoms with Crippen LogP contribution in [0.15, 0.2) is 12.1 Å². The highest BCUT2D eigenvalue weighted by Crippen LogP contribution is 2.17. The quantitative estimate of drug-likeness (QED) is 0.567. The molecule has 7 heteroatoms. The van der Waals surface area contributed by atoms with Crippen LogP contribution in [-0.2, 0) is 4.74 Å². The molecule has 0 aliphatic carbocycles. The second-order valence-corrected chi connectivity index (χ2v) is 5.39. The average Bonchev–Trinajstić information content (AvgIpc) is 2.76. The number of imidazole rings is 1. The molecule has 1 aromatic carbocycles. The van der Waals surface area contributed by atoms with Crippen LogP contribution in [0.5, 0.6) is 0 Å². The summed E-state index contributed by atoms with van der Waals surface area (Å²) in [5.41, 5.74) is 1.23. The Hall–Kier alpha value is -1.73. The number of ether oxygens (including phenoxy) is 1. The number of carbonyl (C=O) groups excluding carboxylic acids is 1. The van der Waals surface area contributed by atoms with Crippen molar-refractivity contribution in [2.24, 2.45) is 0 Å². The summed E-state index contributed by atoms with van der Waals surface area (Å²) in [6, 6.07) is 2.50. The first-order chi connectivity index (χ1) is 9.97. The molecule has 2 rings (SSSR count). The van der Waals surface area contributed by atoms with Gasteiger partial charge in [0.15, 0.2) is 4.77 Å². The molecule has 0 spiro atoms. The van der Waals surface area contributed by atoms with Gasteiger partial charge in [-0.1, -0.05) is 0 Å². The van der Waals surface area contributed by atoms with E-state index >= 15 is 0 Å². The molecule has 114 valence electrons. The van der Waals surface area contributed by atoms with E-state index in [9.17, 15) is 9.18 Å². The third-order valence-corrected chi connectivity index (χ3v) is 3.10. The van der Waals surface area contributed by atoms with E-state index in [1.807, 2.05) is 13.8 Å². The van der Waals surface area contributed by atoms with Crippen LogP contribution in [0.3, 0.4) is 0 Å². The van der Waals surface area contributed by atoms with Gasteiger partial charge in [0.25, 0.3) is 5.91 Å². The van der Waals surface area contributed by atoms with E-state index in [4.69, 9.17) is 17.0 Å². The molecule has 0 saturated carbocycles. The smallest absolute Gasteiger partial charge is 0.253 e. The molecule has 0 fully saturated rings. The van der Waals surface area contributed by atoms with Gasteiger partial charge in [0, 0.05) is 13.2 Å². The fraction of sp³-hybridized carbons (Fsp3) is 0.429. The predicted molar refractivity (Wildman–Crippen MR) is 81.5 cm³/mol. The molecule has 0 radical (unpaired) electrons. The fourth-order valence-electron chi connectivity index (χ4n) is 1.97. The average molecular weight is 311 g/mol. The summed E-state index contributed by atoms with van der Waals surface area (Å²) in [6.07, 6.45) is 0.870. The maximum absolute atomic E-state index is 13.5. The van der Waals surface area contributed by atoms with Crippen molar-refractivity contribution in [3.63, 3.8) is 0 Å². The van der Waals surface area contributed by atoms with Gasteiger partial charge in [-0.15, -0.1) is 0 Å². The van der Waals surface area contributed by atoms with Crippen LogP contribution in [0.2, 0.25) is 0 Å². The SMILES string of the molecule is CC(C)OCCCNC(=O)c1cc(F)cc2[nH]c(=S)[nH]c12. The van der Waals surface area contributed by atoms with Gasteiger partial charge in [-0.25, -0.2) is 4.39 Å². The summed E-state index contributed by atoms with van der Waals surface area (Å²) in [7, 11) is 0. The maximum atomic E-state index is 13.5. The lowest BCUT2D eigenvalue weighted by Crippen LogP contribution is -2.26. The summed E-state index contributed by atoms with van der Waals surface area (Å²) in [4.78, 5) is 17.8. The third kappa shape index (κ3) is 4.12. The number of amides is 1. The number of aromatic amines is 2. The number of hydrogen-bond acceptors (Lipinski definition) is 3. The number of nitrogens with one attached hydrogen (secondary N) is 3. The van der Waals surface area contributed by atoms with Crippen molar-refractivity contribution in [3.8, 4) is 0 Å². The van der Waals surface area contributed by atoms with E-state index in [2.05, 4.69) is 15.3 Å². The van der Waals surface area contributed by atoms with E-state index in [1.165, 1.54) is 12.1 Å². The van der Waals surface area contributed by atoms with Crippen molar-refractivity contribution in [1.82, 2.24) is 15.3 Å². The maximum Gasteiger partial charge on any atom is 0.253 e. The highest BCUT2D eigenvalue weighted by atomic mass is 32.1. The first kappa shape index (κ1) is 15.7. The van der Waals surface area contributed by atoms with E-state index in [0.717, 1.165) is 0 Å². The Morgan fingerprint density at radius 3 is 2.90 bits per heavy atom. The zero-order chi connectivity index (χ0) is 15.4. The lowest BCUT2D eigenvalue weighted by Gasteiger charge is -2.08. The Kier molecular flexibility index (Phi) is 5.08. The number of benzene rings is 1. The van der Waals surface area contributed by atoms with Gasteiger partial charge in [-0.05, 0) is 44.6 Å². The molecule has 1 aromatic heterocycles. The van der Waals surface area contributed by atoms with Crippen molar-refractivity contribution >= 4 is 29.2 Å². The van der Waals surface area contributed by atoms with Crippen LogP contribution in [0.4, 0.5) is 4.39 Å². The summed E-state index contributed by atoms with van der Waals surface area (Å²) in [5, 5.41) is 2.75. The molecule has 0 atom stereocenters. The molecule has 5 nitrogen and oxygen atoms in total. The number of aromatic nitrogens is 2. The number of carbonyl (C=O) groups is 1. The topological polar surface area (TPSA) is 69.9 Å². The second kappa shape index (κ2) is 6.82. The molecule has 0 bridgehead atoms. The van der Waals surface area contributed by atoms with Crippen molar-refractivity contribution < 1.29 is 13.9 Å². The number of hydrogen-bond donors (Lipinski definition) is 3. The Morgan fingerprint density at radius 1 is 1.43 bits per heavy atom. The predicted octanol–water partition coefficient (Wildman–Crippen LogP) is 2.91. The van der Waals surface area contributed by atoms with Gasteiger partial charge in [0.1, 0.15) is 5.82 Å². The van der Waals surface area contributed by atoms with E-state index in [1.54, 1.807) is 0 Å². The molecule has 0 aliphatic rings. The largest absolute Gasteiger partial charge is 0.379 e. The number of fused-ring (bicyclic) bond motifs is 1. The molecule has 21 heavy (non-hydrogen) atoms. The molecular formula is C14H18FN3O2S. The Morgan fingerprint density at radius 2 is 2.19 bits per heavy atom. The molecule has 0 saturated heterocycles. The minimum atomic E-state index is -0.485. The standard InChI is InChI=1S/C14H18FN3O2S/c1-8(2)20-5-3-4-16-13(19)10-6-9(15)7-11-12(10)18-14(21)17-11/h6-8H,3-5H2,1-2H3,(H,16,19)(H2,17,18,21). The van der Waals surface area contributed by atoms with Crippen molar-refractivity contribution in [2.45, 2.75) is 26.4 Å². The minimum Gasteiger partial charge on any atom is -0.379 e. The molecule has 3 N–H and O–H groups in total. The van der Waals surface area contributed by atoms with Crippen LogP contribution in [0, 0.1) is 10.6 Å². The molecule has 2 aromatic rings. The molecule has 1 heterocycles. The highest BCUT2D eigenvalue weighted by Gasteiger charge is 2.13. The zero-order valence-corrected chi connectivity index (χ0v) is 12.8. The highest BCUT2D eigenvalue weighted by molar-refractivity contribution is 7.71. The van der Waals surface area contributed by atoms with Crippen molar-refractivity contribution in [3.05, 3.63) is 28.3 Å². The Balaban J connectivity index is 2.04. The Bertz CT molecular complexity index is 693. The minimum absolute atomic E-state index is 0.170. The van der Waals surface area contributed by atoms with E-state index in [-0.39, 0.29) is 17.6 Å². The van der Waals surface area contributed by atoms with Crippen LogP contribution in [-0.4, -0.2) is 35.1 Å². The molecule has 1 amide bonds. The van der Waals surface area contributed by atoms with Gasteiger partial charge in [0.2, 0.25) is 0 Å². The monoisotopic (exact) mass is 311 g/mol. The lowest BCUT2D eigenvalue weighted by atomic mass is 10.1. The van der Waals surface area contributed by atoms with Gasteiger partial charge >= 0.3 is 0 Å². The summed E-state index contributed by atoms with van der Waals surface area (Å²) < 4.78 is 19.3. The molecule has 0 unspecified atom stereocenters. The Labute approximate surface area is 126 Å². The van der Waals surface area contributed by atoms with Crippen LogP contribution in [0.25, 0.3) is 11.0 Å². The second-order valence-electron chi connectivity index (χ2n) is 4.98. The van der Waals surface area contributed by atoms with Gasteiger partial charge < -0.3 is 20.0 Å². The van der Waals surface area contributed by atoms with Crippen molar-refractivity contribution in [1.29, 1.82) is 0 Å². The first-order valence-electron chi connectivity index (χ1n) is 6.78. The van der Waals surface area contributed by atoms with Crippen molar-refractivity contribution in [2.75, 3.05) is 13.2 Å². The van der Waals surface area contributed by atoms with Gasteiger partial charge in [-0.2, -0.15) is 0 Å². The van der Waals surface area contributed by atoms with Gasteiger partial charge in [-0.3, -0.25) is 4.79 Å². The fourth-order valence-corrected chi connectivity index (χ4v) is 2.19. The molecular weight excluding hydrogens is 293 g/mol. The normalized spacial score (nSPS) is 11.2. The van der Waals surface area contributed by atoms with E-state index < -0.39 is 5.82 Å². The van der Waals surface area contributed by atoms with E-state index in [0.29, 0.717) is 35.4 Å².